The molecular weight excluding hydrogens is 334 g/mol. The highest BCUT2D eigenvalue weighted by molar-refractivity contribution is 5.50. The third kappa shape index (κ3) is 4.14. The van der Waals surface area contributed by atoms with Gasteiger partial charge < -0.3 is 5.32 Å². The van der Waals surface area contributed by atoms with Crippen LogP contribution >= 0.6 is 0 Å². The van der Waals surface area contributed by atoms with Crippen molar-refractivity contribution in [2.45, 2.75) is 39.3 Å². The minimum Gasteiger partial charge on any atom is -0.324 e. The number of benzene rings is 1. The van der Waals surface area contributed by atoms with Crippen molar-refractivity contribution >= 4 is 11.6 Å². The molecule has 4 rings (SSSR count). The highest BCUT2D eigenvalue weighted by atomic mass is 15.2. The van der Waals surface area contributed by atoms with Gasteiger partial charge in [0.15, 0.2) is 0 Å². The summed E-state index contributed by atoms with van der Waals surface area (Å²) in [5, 5.41) is 3.24. The largest absolute Gasteiger partial charge is 0.324 e. The van der Waals surface area contributed by atoms with Crippen molar-refractivity contribution in [1.29, 1.82) is 0 Å². The van der Waals surface area contributed by atoms with Gasteiger partial charge in [-0.3, -0.25) is 9.88 Å². The SMILES string of the molecule is Cc1ccc(CN2CCCC2c2cncc(Nc3ccccn3)n2)cc1C. The molecule has 1 saturated heterocycles. The van der Waals surface area contributed by atoms with E-state index in [0.29, 0.717) is 6.04 Å². The van der Waals surface area contributed by atoms with Gasteiger partial charge in [0.25, 0.3) is 0 Å². The smallest absolute Gasteiger partial charge is 0.150 e. The average Bonchev–Trinajstić information content (AvgIpc) is 3.14. The molecule has 1 atom stereocenters. The number of rotatable bonds is 5. The molecular formula is C22H25N5. The lowest BCUT2D eigenvalue weighted by Gasteiger charge is -2.24. The van der Waals surface area contributed by atoms with E-state index in [2.05, 4.69) is 52.2 Å². The second-order valence-corrected chi connectivity index (χ2v) is 7.22. The zero-order valence-electron chi connectivity index (χ0n) is 15.9. The Kier molecular flexibility index (Phi) is 5.12. The summed E-state index contributed by atoms with van der Waals surface area (Å²) < 4.78 is 0. The number of nitrogens with zero attached hydrogens (tertiary/aromatic N) is 4. The van der Waals surface area contributed by atoms with Crippen LogP contribution in [-0.4, -0.2) is 26.4 Å². The van der Waals surface area contributed by atoms with Crippen LogP contribution in [0.3, 0.4) is 0 Å². The van der Waals surface area contributed by atoms with Gasteiger partial charge in [0, 0.05) is 12.7 Å². The molecule has 0 amide bonds. The maximum atomic E-state index is 4.82. The minimum absolute atomic E-state index is 0.310. The van der Waals surface area contributed by atoms with Gasteiger partial charge in [-0.1, -0.05) is 24.3 Å². The first-order chi connectivity index (χ1) is 13.2. The number of hydrogen-bond donors (Lipinski definition) is 1. The molecule has 1 aliphatic rings. The molecule has 0 saturated carbocycles. The van der Waals surface area contributed by atoms with Gasteiger partial charge in [-0.05, 0) is 62.1 Å². The predicted molar refractivity (Wildman–Crippen MR) is 108 cm³/mol. The van der Waals surface area contributed by atoms with Gasteiger partial charge in [-0.15, -0.1) is 0 Å². The van der Waals surface area contributed by atoms with E-state index in [1.807, 2.05) is 24.4 Å². The Balaban J connectivity index is 1.51. The van der Waals surface area contributed by atoms with Crippen LogP contribution in [0.15, 0.2) is 55.0 Å². The number of pyridine rings is 1. The van der Waals surface area contributed by atoms with Crippen molar-refractivity contribution < 1.29 is 0 Å². The van der Waals surface area contributed by atoms with Crippen LogP contribution in [0.5, 0.6) is 0 Å². The van der Waals surface area contributed by atoms with Crippen LogP contribution < -0.4 is 5.32 Å². The normalized spacial score (nSPS) is 17.2. The molecule has 1 unspecified atom stereocenters. The molecule has 3 aromatic rings. The number of anilines is 2. The molecule has 138 valence electrons. The number of likely N-dealkylation sites (tertiary alicyclic amines) is 1. The highest BCUT2D eigenvalue weighted by Crippen LogP contribution is 2.32. The summed E-state index contributed by atoms with van der Waals surface area (Å²) in [6.07, 6.45) is 7.72. The molecule has 0 spiro atoms. The molecule has 5 heteroatoms. The van der Waals surface area contributed by atoms with Crippen LogP contribution in [0, 0.1) is 13.8 Å². The van der Waals surface area contributed by atoms with E-state index >= 15 is 0 Å². The fourth-order valence-corrected chi connectivity index (χ4v) is 3.66. The van der Waals surface area contributed by atoms with E-state index in [9.17, 15) is 0 Å². The molecule has 0 aliphatic carbocycles. The first-order valence-electron chi connectivity index (χ1n) is 9.49. The van der Waals surface area contributed by atoms with Crippen molar-refractivity contribution in [3.8, 4) is 0 Å². The fourth-order valence-electron chi connectivity index (χ4n) is 3.66. The van der Waals surface area contributed by atoms with Crippen molar-refractivity contribution in [1.82, 2.24) is 19.9 Å². The van der Waals surface area contributed by atoms with E-state index in [1.54, 1.807) is 12.4 Å². The Morgan fingerprint density at radius 2 is 2.00 bits per heavy atom. The van der Waals surface area contributed by atoms with Gasteiger partial charge in [0.05, 0.1) is 24.1 Å². The Morgan fingerprint density at radius 3 is 2.81 bits per heavy atom. The standard InChI is InChI=1S/C22H25N5/c1-16-8-9-18(12-17(16)2)15-27-11-5-6-20(27)19-13-23-14-22(25-19)26-21-7-3-4-10-24-21/h3-4,7-10,12-14,20H,5-6,11,15H2,1-2H3,(H,24,25,26). The summed E-state index contributed by atoms with van der Waals surface area (Å²) in [5.41, 5.74) is 5.08. The van der Waals surface area contributed by atoms with E-state index in [1.165, 1.54) is 23.1 Å². The van der Waals surface area contributed by atoms with Crippen LogP contribution in [-0.2, 0) is 6.54 Å². The molecule has 1 aliphatic heterocycles. The zero-order valence-corrected chi connectivity index (χ0v) is 15.9. The summed E-state index contributed by atoms with van der Waals surface area (Å²) in [7, 11) is 0. The molecule has 0 radical (unpaired) electrons. The third-order valence-electron chi connectivity index (χ3n) is 5.24. The molecule has 3 heterocycles. The Morgan fingerprint density at radius 1 is 1.07 bits per heavy atom. The zero-order chi connectivity index (χ0) is 18.6. The Labute approximate surface area is 160 Å². The van der Waals surface area contributed by atoms with Crippen LogP contribution in [0.2, 0.25) is 0 Å². The van der Waals surface area contributed by atoms with Crippen molar-refractivity contribution in [2.75, 3.05) is 11.9 Å². The van der Waals surface area contributed by atoms with Crippen LogP contribution in [0.1, 0.15) is 41.3 Å². The average molecular weight is 359 g/mol. The molecule has 1 fully saturated rings. The van der Waals surface area contributed by atoms with E-state index in [4.69, 9.17) is 4.98 Å². The van der Waals surface area contributed by atoms with Gasteiger partial charge in [0.2, 0.25) is 0 Å². The second kappa shape index (κ2) is 7.84. The molecule has 2 aromatic heterocycles. The molecule has 1 aromatic carbocycles. The lowest BCUT2D eigenvalue weighted by molar-refractivity contribution is 0.244. The fraction of sp³-hybridized carbons (Fsp3) is 0.318. The highest BCUT2D eigenvalue weighted by Gasteiger charge is 2.27. The van der Waals surface area contributed by atoms with Gasteiger partial charge in [-0.2, -0.15) is 0 Å². The number of aryl methyl sites for hydroxylation is 2. The maximum Gasteiger partial charge on any atom is 0.150 e. The molecule has 0 bridgehead atoms. The van der Waals surface area contributed by atoms with E-state index in [0.717, 1.165) is 36.8 Å². The van der Waals surface area contributed by atoms with E-state index in [-0.39, 0.29) is 0 Å². The lowest BCUT2D eigenvalue weighted by Crippen LogP contribution is -2.23. The Hall–Kier alpha value is -2.79. The van der Waals surface area contributed by atoms with Gasteiger partial charge in [-0.25, -0.2) is 9.97 Å². The molecule has 27 heavy (non-hydrogen) atoms. The number of nitrogens with one attached hydrogen (secondary N) is 1. The quantitative estimate of drug-likeness (QED) is 0.723. The van der Waals surface area contributed by atoms with Crippen LogP contribution in [0.25, 0.3) is 0 Å². The van der Waals surface area contributed by atoms with Crippen molar-refractivity contribution in [3.05, 3.63) is 77.4 Å². The first kappa shape index (κ1) is 17.6. The Bertz CT molecular complexity index is 910. The monoisotopic (exact) mass is 359 g/mol. The van der Waals surface area contributed by atoms with Crippen molar-refractivity contribution in [3.63, 3.8) is 0 Å². The predicted octanol–water partition coefficient (Wildman–Crippen LogP) is 4.57. The second-order valence-electron chi connectivity index (χ2n) is 7.22. The van der Waals surface area contributed by atoms with Crippen molar-refractivity contribution in [2.24, 2.45) is 0 Å². The summed E-state index contributed by atoms with van der Waals surface area (Å²) in [5.74, 6) is 1.52. The van der Waals surface area contributed by atoms with Gasteiger partial charge >= 0.3 is 0 Å². The maximum absolute atomic E-state index is 4.82. The third-order valence-corrected chi connectivity index (χ3v) is 5.24. The van der Waals surface area contributed by atoms with Crippen LogP contribution in [0.4, 0.5) is 11.6 Å². The first-order valence-corrected chi connectivity index (χ1v) is 9.49. The number of hydrogen-bond acceptors (Lipinski definition) is 5. The topological polar surface area (TPSA) is 53.9 Å². The lowest BCUT2D eigenvalue weighted by atomic mass is 10.1. The summed E-state index contributed by atoms with van der Waals surface area (Å²) in [4.78, 5) is 16.0. The van der Waals surface area contributed by atoms with Gasteiger partial charge in [0.1, 0.15) is 11.6 Å². The summed E-state index contributed by atoms with van der Waals surface area (Å²) in [6, 6.07) is 12.8. The summed E-state index contributed by atoms with van der Waals surface area (Å²) >= 11 is 0. The minimum atomic E-state index is 0.310. The number of aromatic nitrogens is 3. The molecule has 5 nitrogen and oxygen atoms in total. The summed E-state index contributed by atoms with van der Waals surface area (Å²) in [6.45, 7) is 6.38. The molecule has 1 N–H and O–H groups in total. The van der Waals surface area contributed by atoms with E-state index < -0.39 is 0 Å².